The van der Waals surface area contributed by atoms with Crippen molar-refractivity contribution in [1.82, 2.24) is 4.98 Å². The first-order valence-electron chi connectivity index (χ1n) is 6.31. The van der Waals surface area contributed by atoms with Crippen LogP contribution in [0, 0.1) is 13.8 Å². The van der Waals surface area contributed by atoms with Gasteiger partial charge in [0.1, 0.15) is 0 Å². The Morgan fingerprint density at radius 3 is 2.60 bits per heavy atom. The molecule has 0 fully saturated rings. The van der Waals surface area contributed by atoms with Gasteiger partial charge in [0.25, 0.3) is 0 Å². The van der Waals surface area contributed by atoms with Crippen LogP contribution >= 0.6 is 0 Å². The Morgan fingerprint density at radius 2 is 1.95 bits per heavy atom. The minimum atomic E-state index is -0.919. The molecule has 20 heavy (non-hydrogen) atoms. The Bertz CT molecular complexity index is 672. The number of ether oxygens (including phenoxy) is 2. The quantitative estimate of drug-likeness (QED) is 0.874. The average Bonchev–Trinajstić information content (AvgIpc) is 2.72. The molecule has 106 valence electrons. The molecule has 5 heteroatoms. The fourth-order valence-corrected chi connectivity index (χ4v) is 2.03. The number of H-pyrrole nitrogens is 1. The lowest BCUT2D eigenvalue weighted by Crippen LogP contribution is -2.25. The maximum atomic E-state index is 12.0. The summed E-state index contributed by atoms with van der Waals surface area (Å²) in [6, 6.07) is 5.26. The summed E-state index contributed by atoms with van der Waals surface area (Å²) in [6.45, 7) is 5.45. The summed E-state index contributed by atoms with van der Waals surface area (Å²) < 4.78 is 9.58. The number of aromatic nitrogens is 1. The number of hydrogen-bond donors (Lipinski definition) is 1. The van der Waals surface area contributed by atoms with Crippen LogP contribution in [-0.4, -0.2) is 30.1 Å². The van der Waals surface area contributed by atoms with E-state index in [1.165, 1.54) is 14.0 Å². The van der Waals surface area contributed by atoms with Crippen LogP contribution in [0.25, 0.3) is 10.9 Å². The zero-order chi connectivity index (χ0) is 14.9. The van der Waals surface area contributed by atoms with Gasteiger partial charge in [0.05, 0.1) is 12.7 Å². The maximum Gasteiger partial charge on any atom is 0.346 e. The Hall–Kier alpha value is -2.30. The molecule has 2 aromatic rings. The topological polar surface area (TPSA) is 68.4 Å². The van der Waals surface area contributed by atoms with Crippen LogP contribution < -0.4 is 0 Å². The van der Waals surface area contributed by atoms with Gasteiger partial charge in [0, 0.05) is 16.6 Å². The zero-order valence-corrected chi connectivity index (χ0v) is 11.9. The van der Waals surface area contributed by atoms with Crippen LogP contribution in [0.15, 0.2) is 18.2 Å². The number of methoxy groups -OCH3 is 1. The molecule has 1 aromatic carbocycles. The zero-order valence-electron chi connectivity index (χ0n) is 11.9. The van der Waals surface area contributed by atoms with E-state index in [0.717, 1.165) is 22.2 Å². The lowest BCUT2D eigenvalue weighted by atomic mass is 10.1. The van der Waals surface area contributed by atoms with Gasteiger partial charge >= 0.3 is 11.9 Å². The van der Waals surface area contributed by atoms with Crippen LogP contribution in [-0.2, 0) is 14.3 Å². The van der Waals surface area contributed by atoms with Crippen LogP contribution in [0.3, 0.4) is 0 Å². The number of nitrogens with one attached hydrogen (secondary N) is 1. The number of hydrogen-bond acceptors (Lipinski definition) is 4. The largest absolute Gasteiger partial charge is 0.466 e. The van der Waals surface area contributed by atoms with Crippen LogP contribution in [0.1, 0.15) is 28.5 Å². The Morgan fingerprint density at radius 1 is 1.25 bits per heavy atom. The van der Waals surface area contributed by atoms with Crippen molar-refractivity contribution in [2.24, 2.45) is 0 Å². The second-order valence-electron chi connectivity index (χ2n) is 4.71. The molecule has 1 heterocycles. The van der Waals surface area contributed by atoms with E-state index in [-0.39, 0.29) is 0 Å². The number of carbonyl (C=O) groups is 2. The third kappa shape index (κ3) is 2.52. The van der Waals surface area contributed by atoms with Crippen molar-refractivity contribution in [3.8, 4) is 0 Å². The van der Waals surface area contributed by atoms with Crippen molar-refractivity contribution in [3.63, 3.8) is 0 Å². The summed E-state index contributed by atoms with van der Waals surface area (Å²) in [7, 11) is 1.25. The Kier molecular flexibility index (Phi) is 3.79. The van der Waals surface area contributed by atoms with E-state index in [0.29, 0.717) is 5.56 Å². The minimum Gasteiger partial charge on any atom is -0.466 e. The number of rotatable bonds is 3. The van der Waals surface area contributed by atoms with Crippen LogP contribution in [0.2, 0.25) is 0 Å². The van der Waals surface area contributed by atoms with Gasteiger partial charge in [-0.15, -0.1) is 0 Å². The molecule has 0 spiro atoms. The maximum absolute atomic E-state index is 12.0. The van der Waals surface area contributed by atoms with Gasteiger partial charge in [-0.05, 0) is 44.5 Å². The van der Waals surface area contributed by atoms with Crippen molar-refractivity contribution in [3.05, 3.63) is 35.0 Å². The van der Waals surface area contributed by atoms with E-state index in [2.05, 4.69) is 9.72 Å². The van der Waals surface area contributed by atoms with E-state index >= 15 is 0 Å². The number of aryl methyl sites for hydroxylation is 2. The fraction of sp³-hybridized carbons (Fsp3) is 0.333. The molecule has 1 atom stereocenters. The molecule has 0 bridgehead atoms. The summed E-state index contributed by atoms with van der Waals surface area (Å²) in [4.78, 5) is 26.5. The van der Waals surface area contributed by atoms with E-state index < -0.39 is 18.0 Å². The van der Waals surface area contributed by atoms with Crippen molar-refractivity contribution >= 4 is 22.8 Å². The fourth-order valence-electron chi connectivity index (χ4n) is 2.03. The first-order valence-corrected chi connectivity index (χ1v) is 6.31. The number of benzene rings is 1. The molecule has 0 saturated carbocycles. The summed E-state index contributed by atoms with van der Waals surface area (Å²) in [5, 5.41) is 0.975. The minimum absolute atomic E-state index is 0.412. The van der Waals surface area contributed by atoms with E-state index in [1.54, 1.807) is 12.1 Å². The first kappa shape index (κ1) is 14.1. The van der Waals surface area contributed by atoms with Crippen molar-refractivity contribution in [2.45, 2.75) is 26.9 Å². The molecule has 0 saturated heterocycles. The molecule has 0 aliphatic carbocycles. The van der Waals surface area contributed by atoms with Gasteiger partial charge in [0.2, 0.25) is 0 Å². The van der Waals surface area contributed by atoms with Crippen molar-refractivity contribution in [2.75, 3.05) is 7.11 Å². The van der Waals surface area contributed by atoms with E-state index in [4.69, 9.17) is 4.74 Å². The molecule has 1 unspecified atom stereocenters. The van der Waals surface area contributed by atoms with Gasteiger partial charge in [-0.3, -0.25) is 0 Å². The van der Waals surface area contributed by atoms with Gasteiger partial charge in [-0.2, -0.15) is 0 Å². The molecule has 0 aliphatic rings. The second kappa shape index (κ2) is 5.36. The normalized spacial score (nSPS) is 12.2. The highest BCUT2D eigenvalue weighted by atomic mass is 16.6. The molecule has 0 aliphatic heterocycles. The van der Waals surface area contributed by atoms with Gasteiger partial charge in [-0.1, -0.05) is 0 Å². The highest BCUT2D eigenvalue weighted by Crippen LogP contribution is 2.22. The number of carbonyl (C=O) groups excluding carboxylic acids is 2. The Balaban J connectivity index is 2.26. The molecule has 5 nitrogen and oxygen atoms in total. The summed E-state index contributed by atoms with van der Waals surface area (Å²) in [5.74, 6) is -1.11. The average molecular weight is 275 g/mol. The predicted octanol–water partition coefficient (Wildman–Crippen LogP) is 2.50. The van der Waals surface area contributed by atoms with Gasteiger partial charge in [0.15, 0.2) is 6.10 Å². The molecule has 0 radical (unpaired) electrons. The predicted molar refractivity (Wildman–Crippen MR) is 74.7 cm³/mol. The van der Waals surface area contributed by atoms with Crippen LogP contribution in [0.5, 0.6) is 0 Å². The van der Waals surface area contributed by atoms with Crippen molar-refractivity contribution in [1.29, 1.82) is 0 Å². The van der Waals surface area contributed by atoms with E-state index in [1.807, 2.05) is 19.9 Å². The first-order chi connectivity index (χ1) is 9.43. The smallest absolute Gasteiger partial charge is 0.346 e. The highest BCUT2D eigenvalue weighted by molar-refractivity contribution is 5.96. The van der Waals surface area contributed by atoms with Crippen LogP contribution in [0.4, 0.5) is 0 Å². The molecule has 0 amide bonds. The summed E-state index contributed by atoms with van der Waals surface area (Å²) >= 11 is 0. The lowest BCUT2D eigenvalue weighted by Gasteiger charge is -2.10. The van der Waals surface area contributed by atoms with E-state index in [9.17, 15) is 9.59 Å². The number of fused-ring (bicyclic) bond motifs is 1. The molecule has 2 rings (SSSR count). The lowest BCUT2D eigenvalue weighted by molar-refractivity contribution is -0.149. The molecular weight excluding hydrogens is 258 g/mol. The Labute approximate surface area is 116 Å². The highest BCUT2D eigenvalue weighted by Gasteiger charge is 2.19. The monoisotopic (exact) mass is 275 g/mol. The second-order valence-corrected chi connectivity index (χ2v) is 4.71. The van der Waals surface area contributed by atoms with Gasteiger partial charge < -0.3 is 14.5 Å². The standard InChI is InChI=1S/C15H17NO4/c1-8-9(2)16-13-6-5-11(7-12(8)13)15(18)20-10(3)14(17)19-4/h5-7,10,16H,1-4H3. The molecule has 1 aromatic heterocycles. The third-order valence-electron chi connectivity index (χ3n) is 3.36. The number of esters is 2. The SMILES string of the molecule is COC(=O)C(C)OC(=O)c1ccc2[nH]c(C)c(C)c2c1. The summed E-state index contributed by atoms with van der Waals surface area (Å²) in [6.07, 6.45) is -0.919. The van der Waals surface area contributed by atoms with Gasteiger partial charge in [-0.25, -0.2) is 9.59 Å². The third-order valence-corrected chi connectivity index (χ3v) is 3.36. The van der Waals surface area contributed by atoms with Crippen molar-refractivity contribution < 1.29 is 19.1 Å². The summed E-state index contributed by atoms with van der Waals surface area (Å²) in [5.41, 5.74) is 3.54. The molecule has 1 N–H and O–H groups in total. The number of aromatic amines is 1. The molecular formula is C15H17NO4.